The SMILES string of the molecule is CCN(CC)CC1CCN(C(=NC)NC2C3CCCOC3C2(C)C)C1.I. The largest absolute Gasteiger partial charge is 0.377 e. The first kappa shape index (κ1) is 22.2. The fourth-order valence-electron chi connectivity index (χ4n) is 5.27. The lowest BCUT2D eigenvalue weighted by molar-refractivity contribution is -0.188. The fourth-order valence-corrected chi connectivity index (χ4v) is 5.27. The van der Waals surface area contributed by atoms with Crippen LogP contribution in [0.1, 0.15) is 47.0 Å². The summed E-state index contributed by atoms with van der Waals surface area (Å²) in [6, 6.07) is 0.485. The minimum atomic E-state index is 0. The lowest BCUT2D eigenvalue weighted by Crippen LogP contribution is -2.71. The Kier molecular flexibility index (Phi) is 8.04. The van der Waals surface area contributed by atoms with E-state index in [0.29, 0.717) is 18.1 Å². The van der Waals surface area contributed by atoms with Crippen LogP contribution in [0.25, 0.3) is 0 Å². The van der Waals surface area contributed by atoms with E-state index in [4.69, 9.17) is 4.74 Å². The Labute approximate surface area is 177 Å². The van der Waals surface area contributed by atoms with Crippen LogP contribution in [0.4, 0.5) is 0 Å². The quantitative estimate of drug-likeness (QED) is 0.375. The smallest absolute Gasteiger partial charge is 0.193 e. The number of hydrogen-bond acceptors (Lipinski definition) is 3. The minimum absolute atomic E-state index is 0. The van der Waals surface area contributed by atoms with Crippen molar-refractivity contribution in [2.45, 2.75) is 59.1 Å². The highest BCUT2D eigenvalue weighted by Gasteiger charge is 2.58. The molecule has 2 saturated heterocycles. The van der Waals surface area contributed by atoms with Crippen molar-refractivity contribution in [3.8, 4) is 0 Å². The van der Waals surface area contributed by atoms with Gasteiger partial charge in [-0.3, -0.25) is 4.99 Å². The number of fused-ring (bicyclic) bond motifs is 1. The third-order valence-electron chi connectivity index (χ3n) is 6.82. The number of nitrogens with zero attached hydrogens (tertiary/aromatic N) is 3. The average Bonchev–Trinajstić information content (AvgIpc) is 3.08. The number of guanidine groups is 1. The molecule has 0 amide bonds. The summed E-state index contributed by atoms with van der Waals surface area (Å²) in [5.41, 5.74) is 0.196. The van der Waals surface area contributed by atoms with Crippen molar-refractivity contribution in [3.05, 3.63) is 0 Å². The molecule has 4 unspecified atom stereocenters. The molecule has 0 aromatic heterocycles. The predicted octanol–water partition coefficient (Wildman–Crippen LogP) is 3.05. The van der Waals surface area contributed by atoms with Gasteiger partial charge < -0.3 is 19.9 Å². The number of aliphatic imine (C=N–C) groups is 1. The highest BCUT2D eigenvalue weighted by molar-refractivity contribution is 14.0. The first-order valence-electron chi connectivity index (χ1n) is 10.3. The van der Waals surface area contributed by atoms with Gasteiger partial charge in [0.1, 0.15) is 0 Å². The van der Waals surface area contributed by atoms with Crippen LogP contribution in [-0.2, 0) is 4.74 Å². The third kappa shape index (κ3) is 4.32. The maximum Gasteiger partial charge on any atom is 0.193 e. The molecule has 6 heteroatoms. The third-order valence-corrected chi connectivity index (χ3v) is 6.82. The Bertz CT molecular complexity index is 480. The molecule has 152 valence electrons. The van der Waals surface area contributed by atoms with Crippen molar-refractivity contribution in [2.75, 3.05) is 46.4 Å². The van der Waals surface area contributed by atoms with Gasteiger partial charge in [0.25, 0.3) is 0 Å². The molecule has 0 aromatic carbocycles. The van der Waals surface area contributed by atoms with Crippen molar-refractivity contribution < 1.29 is 4.74 Å². The van der Waals surface area contributed by atoms with Gasteiger partial charge in [0.05, 0.1) is 6.10 Å². The van der Waals surface area contributed by atoms with Crippen LogP contribution in [0.5, 0.6) is 0 Å². The molecule has 4 atom stereocenters. The van der Waals surface area contributed by atoms with E-state index in [1.807, 2.05) is 7.05 Å². The summed E-state index contributed by atoms with van der Waals surface area (Å²) in [4.78, 5) is 9.64. The summed E-state index contributed by atoms with van der Waals surface area (Å²) in [6.07, 6.45) is 4.18. The van der Waals surface area contributed by atoms with Crippen molar-refractivity contribution in [3.63, 3.8) is 0 Å². The number of likely N-dealkylation sites (tertiary alicyclic amines) is 1. The number of hydrogen-bond donors (Lipinski definition) is 1. The molecule has 1 saturated carbocycles. The average molecular weight is 478 g/mol. The molecule has 5 nitrogen and oxygen atoms in total. The first-order valence-corrected chi connectivity index (χ1v) is 10.3. The molecule has 2 aliphatic heterocycles. The lowest BCUT2D eigenvalue weighted by atomic mass is 9.55. The summed E-state index contributed by atoms with van der Waals surface area (Å²) in [5.74, 6) is 2.51. The molecule has 0 radical (unpaired) electrons. The first-order chi connectivity index (χ1) is 12.0. The van der Waals surface area contributed by atoms with Gasteiger partial charge in [0.15, 0.2) is 5.96 Å². The number of ether oxygens (including phenoxy) is 1. The van der Waals surface area contributed by atoms with Crippen LogP contribution >= 0.6 is 24.0 Å². The van der Waals surface area contributed by atoms with Crippen LogP contribution in [-0.4, -0.2) is 74.3 Å². The number of rotatable bonds is 5. The molecule has 3 rings (SSSR count). The molecule has 1 aliphatic carbocycles. The van der Waals surface area contributed by atoms with Crippen molar-refractivity contribution in [1.82, 2.24) is 15.1 Å². The van der Waals surface area contributed by atoms with Crippen LogP contribution in [0.2, 0.25) is 0 Å². The maximum absolute atomic E-state index is 6.05. The predicted molar refractivity (Wildman–Crippen MR) is 119 cm³/mol. The Balaban J connectivity index is 0.00000243. The topological polar surface area (TPSA) is 40.1 Å². The Morgan fingerprint density at radius 2 is 2.00 bits per heavy atom. The monoisotopic (exact) mass is 478 g/mol. The molecule has 0 aromatic rings. The molecule has 0 bridgehead atoms. The summed E-state index contributed by atoms with van der Waals surface area (Å²) < 4.78 is 6.05. The zero-order chi connectivity index (χ0) is 18.0. The minimum Gasteiger partial charge on any atom is -0.377 e. The molecule has 2 heterocycles. The molecular weight excluding hydrogens is 439 g/mol. The lowest BCUT2D eigenvalue weighted by Gasteiger charge is -2.60. The van der Waals surface area contributed by atoms with E-state index >= 15 is 0 Å². The molecule has 0 spiro atoms. The molecule has 3 fully saturated rings. The van der Waals surface area contributed by atoms with E-state index in [9.17, 15) is 0 Å². The Hall–Kier alpha value is -0.0800. The second kappa shape index (κ2) is 9.41. The van der Waals surface area contributed by atoms with Gasteiger partial charge in [-0.2, -0.15) is 0 Å². The van der Waals surface area contributed by atoms with Crippen LogP contribution < -0.4 is 5.32 Å². The molecule has 26 heavy (non-hydrogen) atoms. The van der Waals surface area contributed by atoms with E-state index in [1.165, 1.54) is 25.8 Å². The van der Waals surface area contributed by atoms with Crippen LogP contribution in [0.3, 0.4) is 0 Å². The van der Waals surface area contributed by atoms with Gasteiger partial charge in [0, 0.05) is 50.7 Å². The molecular formula is C20H39IN4O. The van der Waals surface area contributed by atoms with Gasteiger partial charge in [-0.25, -0.2) is 0 Å². The molecule has 3 aliphatic rings. The Morgan fingerprint density at radius 3 is 2.65 bits per heavy atom. The van der Waals surface area contributed by atoms with Crippen LogP contribution in [0.15, 0.2) is 4.99 Å². The summed E-state index contributed by atoms with van der Waals surface area (Å²) in [6.45, 7) is 15.9. The summed E-state index contributed by atoms with van der Waals surface area (Å²) >= 11 is 0. The zero-order valence-electron chi connectivity index (χ0n) is 17.3. The van der Waals surface area contributed by atoms with E-state index in [-0.39, 0.29) is 29.4 Å². The van der Waals surface area contributed by atoms with Crippen molar-refractivity contribution in [2.24, 2.45) is 22.2 Å². The van der Waals surface area contributed by atoms with Gasteiger partial charge in [0.2, 0.25) is 0 Å². The second-order valence-electron chi connectivity index (χ2n) is 8.67. The van der Waals surface area contributed by atoms with Gasteiger partial charge in [-0.05, 0) is 38.3 Å². The van der Waals surface area contributed by atoms with Crippen molar-refractivity contribution >= 4 is 29.9 Å². The Morgan fingerprint density at radius 1 is 1.27 bits per heavy atom. The highest BCUT2D eigenvalue weighted by Crippen LogP contribution is 2.51. The van der Waals surface area contributed by atoms with E-state index in [1.54, 1.807) is 0 Å². The van der Waals surface area contributed by atoms with Crippen molar-refractivity contribution in [1.29, 1.82) is 0 Å². The highest BCUT2D eigenvalue weighted by atomic mass is 127. The second-order valence-corrected chi connectivity index (χ2v) is 8.67. The molecule has 1 N–H and O–H groups in total. The number of nitrogens with one attached hydrogen (secondary N) is 1. The van der Waals surface area contributed by atoms with Crippen LogP contribution in [0, 0.1) is 17.3 Å². The van der Waals surface area contributed by atoms with Gasteiger partial charge >= 0.3 is 0 Å². The fraction of sp³-hybridized carbons (Fsp3) is 0.950. The standard InChI is InChI=1S/C20H38N4O.HI/c1-6-23(7-2)13-15-10-11-24(14-15)19(21-5)22-17-16-9-8-12-25-18(16)20(17,3)4;/h15-18H,6-14H2,1-5H3,(H,21,22);1H. The maximum atomic E-state index is 6.05. The van der Waals surface area contributed by atoms with E-state index < -0.39 is 0 Å². The zero-order valence-corrected chi connectivity index (χ0v) is 19.7. The van der Waals surface area contributed by atoms with Gasteiger partial charge in [-0.1, -0.05) is 27.7 Å². The van der Waals surface area contributed by atoms with E-state index in [2.05, 4.69) is 47.8 Å². The normalized spacial score (nSPS) is 33.5. The number of halogens is 1. The van der Waals surface area contributed by atoms with E-state index in [0.717, 1.165) is 44.7 Å². The summed E-state index contributed by atoms with van der Waals surface area (Å²) in [7, 11) is 1.93. The summed E-state index contributed by atoms with van der Waals surface area (Å²) in [5, 5.41) is 3.82. The van der Waals surface area contributed by atoms with Gasteiger partial charge in [-0.15, -0.1) is 24.0 Å².